The van der Waals surface area contributed by atoms with E-state index in [1.807, 2.05) is 24.3 Å². The zero-order valence-corrected chi connectivity index (χ0v) is 18.9. The highest BCUT2D eigenvalue weighted by molar-refractivity contribution is 9.10. The molecular formula is C23H21BrN2O3S. The normalized spacial score (nSPS) is 18.7. The van der Waals surface area contributed by atoms with Gasteiger partial charge in [0.05, 0.1) is 5.92 Å². The minimum absolute atomic E-state index is 0.0422. The number of Topliss-reactive ketones (excluding diaryl/α,β-unsaturated/α-hetero) is 1. The summed E-state index contributed by atoms with van der Waals surface area (Å²) in [7, 11) is 0. The summed E-state index contributed by atoms with van der Waals surface area (Å²) in [4.78, 5) is 14.9. The number of halogens is 1. The van der Waals surface area contributed by atoms with Crippen LogP contribution in [0.15, 0.2) is 57.6 Å². The summed E-state index contributed by atoms with van der Waals surface area (Å²) in [6.45, 7) is 2.51. The van der Waals surface area contributed by atoms with Gasteiger partial charge in [-0.15, -0.1) is 11.3 Å². The highest BCUT2D eigenvalue weighted by Gasteiger charge is 2.39. The predicted octanol–water partition coefficient (Wildman–Crippen LogP) is 5.47. The molecule has 0 unspecified atom stereocenters. The van der Waals surface area contributed by atoms with Crippen LogP contribution in [0.25, 0.3) is 0 Å². The van der Waals surface area contributed by atoms with Crippen LogP contribution in [0.3, 0.4) is 0 Å². The van der Waals surface area contributed by atoms with E-state index in [0.717, 1.165) is 33.5 Å². The van der Waals surface area contributed by atoms with Crippen molar-refractivity contribution < 1.29 is 14.3 Å². The largest absolute Gasteiger partial charge is 0.489 e. The first-order chi connectivity index (χ1) is 14.5. The number of nitriles is 1. The first kappa shape index (κ1) is 20.7. The first-order valence-corrected chi connectivity index (χ1v) is 11.5. The van der Waals surface area contributed by atoms with Crippen LogP contribution in [0.4, 0.5) is 0 Å². The lowest BCUT2D eigenvalue weighted by molar-refractivity contribution is -0.116. The number of ether oxygens (including phenoxy) is 2. The SMILES string of the molecule is CCc1sc([C@@H]2C(C#N)=C(N)OC3=C2C(=O)CCC3)cc1COc1ccc(Br)cc1. The molecule has 0 spiro atoms. The molecule has 4 rings (SSSR count). The summed E-state index contributed by atoms with van der Waals surface area (Å²) >= 11 is 5.04. The molecule has 1 aromatic heterocycles. The van der Waals surface area contributed by atoms with E-state index in [1.54, 1.807) is 11.3 Å². The molecule has 2 N–H and O–H groups in total. The van der Waals surface area contributed by atoms with E-state index in [-0.39, 0.29) is 11.7 Å². The van der Waals surface area contributed by atoms with Gasteiger partial charge in [-0.3, -0.25) is 4.79 Å². The molecule has 0 bridgehead atoms. The molecule has 0 saturated heterocycles. The van der Waals surface area contributed by atoms with E-state index >= 15 is 0 Å². The van der Waals surface area contributed by atoms with Gasteiger partial charge in [0, 0.05) is 38.2 Å². The average Bonchev–Trinajstić information content (AvgIpc) is 3.15. The molecule has 0 radical (unpaired) electrons. The summed E-state index contributed by atoms with van der Waals surface area (Å²) in [6, 6.07) is 11.9. The van der Waals surface area contributed by atoms with E-state index < -0.39 is 5.92 Å². The molecular weight excluding hydrogens is 464 g/mol. The Morgan fingerprint density at radius 2 is 2.10 bits per heavy atom. The van der Waals surface area contributed by atoms with Crippen molar-refractivity contribution >= 4 is 33.0 Å². The van der Waals surface area contributed by atoms with Crippen LogP contribution in [0.5, 0.6) is 5.75 Å². The van der Waals surface area contributed by atoms with Gasteiger partial charge in [-0.25, -0.2) is 0 Å². The number of carbonyl (C=O) groups is 1. The van der Waals surface area contributed by atoms with Gasteiger partial charge in [0.2, 0.25) is 5.88 Å². The van der Waals surface area contributed by atoms with E-state index in [1.165, 1.54) is 4.88 Å². The third kappa shape index (κ3) is 3.90. The number of hydrogen-bond donors (Lipinski definition) is 1. The Bertz CT molecular complexity index is 1090. The van der Waals surface area contributed by atoms with Gasteiger partial charge in [0.15, 0.2) is 5.78 Å². The van der Waals surface area contributed by atoms with Gasteiger partial charge >= 0.3 is 0 Å². The van der Waals surface area contributed by atoms with Crippen LogP contribution in [-0.2, 0) is 22.6 Å². The van der Waals surface area contributed by atoms with Gasteiger partial charge in [-0.05, 0) is 43.2 Å². The quantitative estimate of drug-likeness (QED) is 0.608. The van der Waals surface area contributed by atoms with Crippen LogP contribution >= 0.6 is 27.3 Å². The second kappa shape index (κ2) is 8.66. The monoisotopic (exact) mass is 484 g/mol. The molecule has 2 aliphatic rings. The van der Waals surface area contributed by atoms with Gasteiger partial charge < -0.3 is 15.2 Å². The van der Waals surface area contributed by atoms with Crippen molar-refractivity contribution in [2.45, 2.75) is 45.1 Å². The lowest BCUT2D eigenvalue weighted by Crippen LogP contribution is -2.27. The second-order valence-electron chi connectivity index (χ2n) is 7.23. The van der Waals surface area contributed by atoms with Crippen molar-refractivity contribution in [1.82, 2.24) is 0 Å². The van der Waals surface area contributed by atoms with Crippen LogP contribution < -0.4 is 10.5 Å². The molecule has 2 heterocycles. The minimum Gasteiger partial charge on any atom is -0.489 e. The number of ketones is 1. The molecule has 0 amide bonds. The first-order valence-electron chi connectivity index (χ1n) is 9.85. The molecule has 5 nitrogen and oxygen atoms in total. The molecule has 1 aromatic carbocycles. The van der Waals surface area contributed by atoms with E-state index in [0.29, 0.717) is 36.4 Å². The fourth-order valence-corrected chi connectivity index (χ4v) is 5.38. The Kier molecular flexibility index (Phi) is 5.98. The summed E-state index contributed by atoms with van der Waals surface area (Å²) in [5, 5.41) is 9.75. The molecule has 2 aromatic rings. The van der Waals surface area contributed by atoms with Crippen molar-refractivity contribution in [3.05, 3.63) is 72.9 Å². The highest BCUT2D eigenvalue weighted by atomic mass is 79.9. The average molecular weight is 485 g/mol. The Hall–Kier alpha value is -2.56. The second-order valence-corrected chi connectivity index (χ2v) is 9.32. The molecule has 0 saturated carbocycles. The molecule has 0 fully saturated rings. The van der Waals surface area contributed by atoms with Gasteiger partial charge in [-0.2, -0.15) is 5.26 Å². The number of allylic oxidation sites excluding steroid dienone is 3. The van der Waals surface area contributed by atoms with E-state index in [2.05, 4.69) is 35.0 Å². The van der Waals surface area contributed by atoms with Crippen LogP contribution in [0, 0.1) is 11.3 Å². The highest BCUT2D eigenvalue weighted by Crippen LogP contribution is 2.46. The summed E-state index contributed by atoms with van der Waals surface area (Å²) in [6.07, 6.45) is 2.73. The molecule has 30 heavy (non-hydrogen) atoms. The lowest BCUT2D eigenvalue weighted by Gasteiger charge is -2.30. The van der Waals surface area contributed by atoms with Crippen molar-refractivity contribution in [1.29, 1.82) is 5.26 Å². The molecule has 154 valence electrons. The summed E-state index contributed by atoms with van der Waals surface area (Å²) in [5.74, 6) is 1.10. The fourth-order valence-electron chi connectivity index (χ4n) is 3.89. The van der Waals surface area contributed by atoms with Gasteiger partial charge in [0.25, 0.3) is 0 Å². The Morgan fingerprint density at radius 3 is 2.80 bits per heavy atom. The maximum absolute atomic E-state index is 12.7. The smallest absolute Gasteiger partial charge is 0.205 e. The number of thiophene rings is 1. The number of hydrogen-bond acceptors (Lipinski definition) is 6. The predicted molar refractivity (Wildman–Crippen MR) is 119 cm³/mol. The van der Waals surface area contributed by atoms with Gasteiger partial charge in [0.1, 0.15) is 29.8 Å². The number of carbonyl (C=O) groups excluding carboxylic acids is 1. The third-order valence-electron chi connectivity index (χ3n) is 5.33. The number of rotatable bonds is 5. The molecule has 1 atom stereocenters. The minimum atomic E-state index is -0.455. The number of nitrogens with two attached hydrogens (primary N) is 1. The van der Waals surface area contributed by atoms with E-state index in [4.69, 9.17) is 15.2 Å². The fraction of sp³-hybridized carbons (Fsp3) is 0.304. The Balaban J connectivity index is 1.69. The maximum Gasteiger partial charge on any atom is 0.205 e. The zero-order chi connectivity index (χ0) is 21.3. The number of aryl methyl sites for hydroxylation is 1. The molecule has 1 aliphatic carbocycles. The van der Waals surface area contributed by atoms with Crippen molar-refractivity contribution in [3.63, 3.8) is 0 Å². The Labute approximate surface area is 187 Å². The lowest BCUT2D eigenvalue weighted by atomic mass is 9.80. The van der Waals surface area contributed by atoms with Crippen molar-refractivity contribution in [2.24, 2.45) is 5.73 Å². The van der Waals surface area contributed by atoms with Crippen LogP contribution in [0.1, 0.15) is 47.4 Å². The topological polar surface area (TPSA) is 85.3 Å². The zero-order valence-electron chi connectivity index (χ0n) is 16.5. The van der Waals surface area contributed by atoms with Crippen LogP contribution in [0.2, 0.25) is 0 Å². The summed E-state index contributed by atoms with van der Waals surface area (Å²) in [5.41, 5.74) is 8.03. The van der Waals surface area contributed by atoms with Crippen molar-refractivity contribution in [2.75, 3.05) is 0 Å². The van der Waals surface area contributed by atoms with E-state index in [9.17, 15) is 10.1 Å². The third-order valence-corrected chi connectivity index (χ3v) is 7.25. The Morgan fingerprint density at radius 1 is 1.33 bits per heavy atom. The molecule has 1 aliphatic heterocycles. The molecule has 7 heteroatoms. The number of nitrogens with zero attached hydrogens (tertiary/aromatic N) is 1. The number of benzene rings is 1. The summed E-state index contributed by atoms with van der Waals surface area (Å²) < 4.78 is 12.6. The maximum atomic E-state index is 12.7. The van der Waals surface area contributed by atoms with Crippen LogP contribution in [-0.4, -0.2) is 5.78 Å². The van der Waals surface area contributed by atoms with Gasteiger partial charge in [-0.1, -0.05) is 22.9 Å². The standard InChI is InChI=1S/C23H21BrN2O3S/c1-2-19-13(12-28-15-8-6-14(24)7-9-15)10-20(30-19)21-16(11-25)23(26)29-18-5-3-4-17(27)22(18)21/h6-10,21H,2-5,12,26H2,1H3/t21-/m0/s1. The van der Waals surface area contributed by atoms with Crippen molar-refractivity contribution in [3.8, 4) is 11.8 Å².